The first-order valence-corrected chi connectivity index (χ1v) is 7.78. The van der Waals surface area contributed by atoms with E-state index in [1.165, 1.54) is 22.2 Å². The van der Waals surface area contributed by atoms with Crippen molar-refractivity contribution >= 4 is 22.4 Å². The number of aryl methyl sites for hydroxylation is 2. The van der Waals surface area contributed by atoms with E-state index in [0.717, 1.165) is 22.2 Å². The summed E-state index contributed by atoms with van der Waals surface area (Å²) in [4.78, 5) is 6.27. The molecule has 0 saturated heterocycles. The van der Waals surface area contributed by atoms with Gasteiger partial charge in [0.25, 0.3) is 0 Å². The van der Waals surface area contributed by atoms with Gasteiger partial charge in [-0.05, 0) is 31.5 Å². The van der Waals surface area contributed by atoms with Crippen LogP contribution in [0.1, 0.15) is 24.3 Å². The number of alkyl halides is 3. The summed E-state index contributed by atoms with van der Waals surface area (Å²) in [5, 5.41) is 4.05. The minimum Gasteiger partial charge on any atom is -0.248 e. The Kier molecular flexibility index (Phi) is 3.68. The number of halogens is 3. The van der Waals surface area contributed by atoms with Gasteiger partial charge in [-0.25, -0.2) is 9.67 Å². The molecule has 0 amide bonds. The average Bonchev–Trinajstić information content (AvgIpc) is 3.11. The maximum absolute atomic E-state index is 13.3. The van der Waals surface area contributed by atoms with E-state index in [2.05, 4.69) is 10.1 Å². The maximum atomic E-state index is 13.3. The molecule has 0 fully saturated rings. The number of thiophene rings is 1. The van der Waals surface area contributed by atoms with Gasteiger partial charge < -0.3 is 0 Å². The first kappa shape index (κ1) is 15.0. The van der Waals surface area contributed by atoms with E-state index in [4.69, 9.17) is 0 Å². The Balaban J connectivity index is 2.26. The van der Waals surface area contributed by atoms with Crippen LogP contribution in [0.3, 0.4) is 0 Å². The van der Waals surface area contributed by atoms with Gasteiger partial charge in [0.2, 0.25) is 0 Å². The van der Waals surface area contributed by atoms with E-state index in [0.29, 0.717) is 12.2 Å². The molecule has 0 atom stereocenters. The number of fused-ring (bicyclic) bond motifs is 1. The van der Waals surface area contributed by atoms with Gasteiger partial charge in [-0.1, -0.05) is 6.92 Å². The van der Waals surface area contributed by atoms with Crippen LogP contribution in [0.15, 0.2) is 24.4 Å². The lowest BCUT2D eigenvalue weighted by Gasteiger charge is -2.10. The normalized spacial score (nSPS) is 12.2. The highest BCUT2D eigenvalue weighted by molar-refractivity contribution is 7.15. The first-order chi connectivity index (χ1) is 10.4. The number of nitrogens with zero attached hydrogens (tertiary/aromatic N) is 3. The van der Waals surface area contributed by atoms with Crippen molar-refractivity contribution in [3.8, 4) is 10.6 Å². The van der Waals surface area contributed by atoms with E-state index < -0.39 is 11.7 Å². The second-order valence-electron chi connectivity index (χ2n) is 4.87. The first-order valence-electron chi connectivity index (χ1n) is 6.96. The average molecular weight is 325 g/mol. The molecule has 0 aliphatic heterocycles. The van der Waals surface area contributed by atoms with Crippen LogP contribution in [-0.2, 0) is 19.1 Å². The fraction of sp³-hybridized carbons (Fsp3) is 0.333. The summed E-state index contributed by atoms with van der Waals surface area (Å²) in [6, 6.07) is 4.87. The molecule has 3 aromatic rings. The van der Waals surface area contributed by atoms with Crippen molar-refractivity contribution in [1.29, 1.82) is 0 Å². The highest BCUT2D eigenvalue weighted by Gasteiger charge is 2.34. The Morgan fingerprint density at radius 2 is 2.00 bits per heavy atom. The summed E-state index contributed by atoms with van der Waals surface area (Å²) in [7, 11) is 0. The highest BCUT2D eigenvalue weighted by atomic mass is 32.1. The van der Waals surface area contributed by atoms with Crippen LogP contribution in [0, 0.1) is 0 Å². The lowest BCUT2D eigenvalue weighted by molar-refractivity contribution is -0.136. The lowest BCUT2D eigenvalue weighted by atomic mass is 10.1. The molecule has 0 aromatic carbocycles. The number of aromatic nitrogens is 3. The molecule has 116 valence electrons. The number of hydrogen-bond acceptors (Lipinski definition) is 3. The van der Waals surface area contributed by atoms with Gasteiger partial charge in [-0.3, -0.25) is 0 Å². The summed E-state index contributed by atoms with van der Waals surface area (Å²) in [5.74, 6) is 0. The predicted octanol–water partition coefficient (Wildman–Crippen LogP) is 4.76. The topological polar surface area (TPSA) is 30.7 Å². The molecule has 0 spiro atoms. The third-order valence-electron chi connectivity index (χ3n) is 3.48. The Hall–Kier alpha value is -1.89. The third-order valence-corrected chi connectivity index (χ3v) is 4.73. The van der Waals surface area contributed by atoms with Crippen LogP contribution >= 0.6 is 11.3 Å². The Labute approximate surface area is 129 Å². The van der Waals surface area contributed by atoms with Crippen LogP contribution in [0.25, 0.3) is 21.6 Å². The summed E-state index contributed by atoms with van der Waals surface area (Å²) < 4.78 is 41.5. The lowest BCUT2D eigenvalue weighted by Crippen LogP contribution is -2.07. The second kappa shape index (κ2) is 5.39. The van der Waals surface area contributed by atoms with Crippen molar-refractivity contribution in [2.24, 2.45) is 0 Å². The van der Waals surface area contributed by atoms with Crippen LogP contribution in [0.4, 0.5) is 13.2 Å². The molecule has 0 bridgehead atoms. The predicted molar refractivity (Wildman–Crippen MR) is 80.9 cm³/mol. The van der Waals surface area contributed by atoms with Gasteiger partial charge in [0.15, 0.2) is 5.65 Å². The zero-order valence-corrected chi connectivity index (χ0v) is 12.9. The monoisotopic (exact) mass is 325 g/mol. The van der Waals surface area contributed by atoms with Gasteiger partial charge >= 0.3 is 6.18 Å². The molecule has 0 aliphatic rings. The van der Waals surface area contributed by atoms with Gasteiger partial charge in [0.05, 0.1) is 27.7 Å². The Morgan fingerprint density at radius 3 is 2.59 bits per heavy atom. The molecule has 0 unspecified atom stereocenters. The van der Waals surface area contributed by atoms with Crippen molar-refractivity contribution in [2.45, 2.75) is 33.0 Å². The molecule has 0 N–H and O–H groups in total. The third kappa shape index (κ3) is 2.49. The minimum atomic E-state index is -4.43. The molecule has 3 rings (SSSR count). The van der Waals surface area contributed by atoms with Crippen molar-refractivity contribution < 1.29 is 13.2 Å². The molecule has 22 heavy (non-hydrogen) atoms. The van der Waals surface area contributed by atoms with Gasteiger partial charge in [0.1, 0.15) is 0 Å². The smallest absolute Gasteiger partial charge is 0.248 e. The Bertz CT molecular complexity index is 817. The SMILES string of the molecule is CCc1ccc(-c2cc(C(F)(F)F)c3cnn(CC)c3n2)s1. The largest absolute Gasteiger partial charge is 0.417 e. The van der Waals surface area contributed by atoms with Gasteiger partial charge in [-0.2, -0.15) is 18.3 Å². The molecule has 0 radical (unpaired) electrons. The zero-order valence-electron chi connectivity index (χ0n) is 12.1. The van der Waals surface area contributed by atoms with E-state index in [1.54, 1.807) is 0 Å². The van der Waals surface area contributed by atoms with Gasteiger partial charge in [-0.15, -0.1) is 11.3 Å². The fourth-order valence-electron chi connectivity index (χ4n) is 2.35. The van der Waals surface area contributed by atoms with Crippen LogP contribution in [-0.4, -0.2) is 14.8 Å². The van der Waals surface area contributed by atoms with E-state index in [-0.39, 0.29) is 11.0 Å². The molecule has 0 saturated carbocycles. The summed E-state index contributed by atoms with van der Waals surface area (Å²) >= 11 is 1.47. The molecule has 3 nitrogen and oxygen atoms in total. The molecular formula is C15H14F3N3S. The minimum absolute atomic E-state index is 0.0466. The zero-order chi connectivity index (χ0) is 15.9. The van der Waals surface area contributed by atoms with Crippen molar-refractivity contribution in [3.63, 3.8) is 0 Å². The fourth-order valence-corrected chi connectivity index (χ4v) is 3.25. The molecular weight excluding hydrogens is 311 g/mol. The molecule has 0 aliphatic carbocycles. The molecule has 3 aromatic heterocycles. The van der Waals surface area contributed by atoms with Crippen molar-refractivity contribution in [1.82, 2.24) is 14.8 Å². The highest BCUT2D eigenvalue weighted by Crippen LogP contribution is 2.38. The van der Waals surface area contributed by atoms with E-state index >= 15 is 0 Å². The van der Waals surface area contributed by atoms with Gasteiger partial charge in [0, 0.05) is 11.4 Å². The summed E-state index contributed by atoms with van der Waals surface area (Å²) in [6.07, 6.45) is -2.33. The number of pyridine rings is 1. The number of hydrogen-bond donors (Lipinski definition) is 0. The van der Waals surface area contributed by atoms with Crippen molar-refractivity contribution in [3.05, 3.63) is 34.8 Å². The molecule has 7 heteroatoms. The van der Waals surface area contributed by atoms with Crippen LogP contribution in [0.5, 0.6) is 0 Å². The van der Waals surface area contributed by atoms with E-state index in [9.17, 15) is 13.2 Å². The Morgan fingerprint density at radius 1 is 1.23 bits per heavy atom. The number of rotatable bonds is 3. The maximum Gasteiger partial charge on any atom is 0.417 e. The van der Waals surface area contributed by atoms with Crippen LogP contribution < -0.4 is 0 Å². The van der Waals surface area contributed by atoms with E-state index in [1.807, 2.05) is 26.0 Å². The summed E-state index contributed by atoms with van der Waals surface area (Å²) in [5.41, 5.74) is -0.0582. The standard InChI is InChI=1S/C15H14F3N3S/c1-3-9-5-6-13(22-9)12-7-11(15(16,17)18)10-8-19-21(4-2)14(10)20-12/h5-8H,3-4H2,1-2H3. The molecule has 3 heterocycles. The second-order valence-corrected chi connectivity index (χ2v) is 6.04. The quantitative estimate of drug-likeness (QED) is 0.695. The summed E-state index contributed by atoms with van der Waals surface area (Å²) in [6.45, 7) is 4.32. The van der Waals surface area contributed by atoms with Crippen molar-refractivity contribution in [2.75, 3.05) is 0 Å². The van der Waals surface area contributed by atoms with Crippen LogP contribution in [0.2, 0.25) is 0 Å².